The van der Waals surface area contributed by atoms with E-state index in [9.17, 15) is 9.90 Å². The van der Waals surface area contributed by atoms with Gasteiger partial charge < -0.3 is 15.3 Å². The number of anilines is 1. The van der Waals surface area contributed by atoms with E-state index in [1.165, 1.54) is 16.7 Å². The van der Waals surface area contributed by atoms with Crippen molar-refractivity contribution in [3.63, 3.8) is 0 Å². The summed E-state index contributed by atoms with van der Waals surface area (Å²) in [6.07, 6.45) is 4.33. The molecule has 0 saturated carbocycles. The SMILES string of the molecule is CN[C@H]1CCN(c2ccc(-n3ccc(O)cc3=O)cn2)C1. The van der Waals surface area contributed by atoms with Crippen molar-refractivity contribution in [1.82, 2.24) is 14.9 Å². The summed E-state index contributed by atoms with van der Waals surface area (Å²) in [6.45, 7) is 1.93. The summed E-state index contributed by atoms with van der Waals surface area (Å²) < 4.78 is 1.46. The van der Waals surface area contributed by atoms with Gasteiger partial charge in [-0.25, -0.2) is 4.98 Å². The van der Waals surface area contributed by atoms with E-state index in [2.05, 4.69) is 15.2 Å². The van der Waals surface area contributed by atoms with E-state index in [0.717, 1.165) is 25.3 Å². The molecular formula is C15H18N4O2. The number of aromatic hydroxyl groups is 1. The van der Waals surface area contributed by atoms with E-state index < -0.39 is 0 Å². The van der Waals surface area contributed by atoms with Gasteiger partial charge in [-0.15, -0.1) is 0 Å². The zero-order valence-corrected chi connectivity index (χ0v) is 11.9. The van der Waals surface area contributed by atoms with Crippen LogP contribution in [-0.2, 0) is 0 Å². The highest BCUT2D eigenvalue weighted by molar-refractivity contribution is 5.44. The molecule has 3 rings (SSSR count). The molecule has 21 heavy (non-hydrogen) atoms. The van der Waals surface area contributed by atoms with Crippen molar-refractivity contribution >= 4 is 5.82 Å². The Bertz CT molecular complexity index is 681. The van der Waals surface area contributed by atoms with Crippen molar-refractivity contribution in [2.24, 2.45) is 0 Å². The molecule has 0 radical (unpaired) electrons. The van der Waals surface area contributed by atoms with Gasteiger partial charge in [0.15, 0.2) is 0 Å². The number of nitrogens with one attached hydrogen (secondary N) is 1. The fourth-order valence-corrected chi connectivity index (χ4v) is 2.59. The third-order valence-corrected chi connectivity index (χ3v) is 3.83. The standard InChI is InChI=1S/C15H18N4O2/c1-16-11-4-6-18(10-11)14-3-2-12(9-17-14)19-7-5-13(20)8-15(19)21/h2-3,5,7-9,11,16,20H,4,6,10H2,1H3/t11-/m0/s1. The highest BCUT2D eigenvalue weighted by Gasteiger charge is 2.21. The summed E-state index contributed by atoms with van der Waals surface area (Å²) in [6, 6.07) is 6.96. The van der Waals surface area contributed by atoms with Gasteiger partial charge in [0.2, 0.25) is 0 Å². The van der Waals surface area contributed by atoms with E-state index in [0.29, 0.717) is 11.7 Å². The molecule has 1 aliphatic rings. The van der Waals surface area contributed by atoms with Crippen LogP contribution >= 0.6 is 0 Å². The van der Waals surface area contributed by atoms with Crippen LogP contribution in [0.25, 0.3) is 5.69 Å². The van der Waals surface area contributed by atoms with E-state index in [1.54, 1.807) is 12.4 Å². The van der Waals surface area contributed by atoms with Crippen molar-refractivity contribution in [2.75, 3.05) is 25.0 Å². The van der Waals surface area contributed by atoms with Crippen LogP contribution in [0.2, 0.25) is 0 Å². The smallest absolute Gasteiger partial charge is 0.258 e. The zero-order valence-electron chi connectivity index (χ0n) is 11.9. The lowest BCUT2D eigenvalue weighted by atomic mass is 10.3. The van der Waals surface area contributed by atoms with E-state index in [4.69, 9.17) is 0 Å². The van der Waals surface area contributed by atoms with Crippen molar-refractivity contribution in [3.05, 3.63) is 47.0 Å². The monoisotopic (exact) mass is 286 g/mol. The lowest BCUT2D eigenvalue weighted by molar-refractivity contribution is 0.473. The van der Waals surface area contributed by atoms with Gasteiger partial charge in [0.05, 0.1) is 11.9 Å². The lowest BCUT2D eigenvalue weighted by Crippen LogP contribution is -2.29. The predicted molar refractivity (Wildman–Crippen MR) is 81.2 cm³/mol. The van der Waals surface area contributed by atoms with E-state index in [-0.39, 0.29) is 11.3 Å². The van der Waals surface area contributed by atoms with Gasteiger partial charge in [-0.3, -0.25) is 9.36 Å². The second kappa shape index (κ2) is 5.57. The first-order valence-electron chi connectivity index (χ1n) is 6.97. The van der Waals surface area contributed by atoms with Gasteiger partial charge in [0, 0.05) is 31.4 Å². The minimum absolute atomic E-state index is 0.0315. The predicted octanol–water partition coefficient (Wildman–Crippen LogP) is 0.736. The first-order chi connectivity index (χ1) is 10.2. The Morgan fingerprint density at radius 2 is 2.24 bits per heavy atom. The van der Waals surface area contributed by atoms with Crippen LogP contribution in [0.1, 0.15) is 6.42 Å². The molecule has 2 N–H and O–H groups in total. The molecule has 0 unspecified atom stereocenters. The second-order valence-electron chi connectivity index (χ2n) is 5.19. The van der Waals surface area contributed by atoms with E-state index in [1.807, 2.05) is 19.2 Å². The molecule has 1 fully saturated rings. The zero-order chi connectivity index (χ0) is 14.8. The van der Waals surface area contributed by atoms with Gasteiger partial charge >= 0.3 is 0 Å². The summed E-state index contributed by atoms with van der Waals surface area (Å²) in [7, 11) is 1.97. The Morgan fingerprint density at radius 3 is 2.86 bits per heavy atom. The number of aromatic nitrogens is 2. The second-order valence-corrected chi connectivity index (χ2v) is 5.19. The largest absolute Gasteiger partial charge is 0.508 e. The molecule has 1 saturated heterocycles. The Balaban J connectivity index is 1.83. The minimum Gasteiger partial charge on any atom is -0.508 e. The van der Waals surface area contributed by atoms with Crippen LogP contribution in [0.4, 0.5) is 5.82 Å². The average molecular weight is 286 g/mol. The van der Waals surface area contributed by atoms with Crippen LogP contribution in [0.5, 0.6) is 5.75 Å². The summed E-state index contributed by atoms with van der Waals surface area (Å²) in [5.41, 5.74) is 0.411. The molecule has 1 atom stereocenters. The molecule has 0 amide bonds. The number of rotatable bonds is 3. The Morgan fingerprint density at radius 1 is 1.38 bits per heavy atom. The van der Waals surface area contributed by atoms with Gasteiger partial charge in [-0.1, -0.05) is 0 Å². The normalized spacial score (nSPS) is 18.1. The topological polar surface area (TPSA) is 70.4 Å². The Kier molecular flexibility index (Phi) is 3.62. The first kappa shape index (κ1) is 13.6. The number of hydrogen-bond acceptors (Lipinski definition) is 5. The molecule has 3 heterocycles. The van der Waals surface area contributed by atoms with Crippen LogP contribution in [-0.4, -0.2) is 40.8 Å². The highest BCUT2D eigenvalue weighted by Crippen LogP contribution is 2.19. The van der Waals surface area contributed by atoms with Crippen molar-refractivity contribution < 1.29 is 5.11 Å². The number of hydrogen-bond donors (Lipinski definition) is 2. The molecule has 0 aromatic carbocycles. The molecule has 110 valence electrons. The third kappa shape index (κ3) is 2.75. The Labute approximate surface area is 122 Å². The summed E-state index contributed by atoms with van der Waals surface area (Å²) in [5.74, 6) is 0.888. The van der Waals surface area contributed by atoms with Crippen LogP contribution < -0.4 is 15.8 Å². The molecule has 0 spiro atoms. The Hall–Kier alpha value is -2.34. The summed E-state index contributed by atoms with van der Waals surface area (Å²) in [5, 5.41) is 12.6. The molecule has 2 aromatic heterocycles. The van der Waals surface area contributed by atoms with Gasteiger partial charge in [-0.2, -0.15) is 0 Å². The fraction of sp³-hybridized carbons (Fsp3) is 0.333. The number of likely N-dealkylation sites (N-methyl/N-ethyl adjacent to an activating group) is 1. The van der Waals surface area contributed by atoms with Crippen molar-refractivity contribution in [3.8, 4) is 11.4 Å². The molecular weight excluding hydrogens is 268 g/mol. The molecule has 6 heteroatoms. The maximum atomic E-state index is 11.8. The summed E-state index contributed by atoms with van der Waals surface area (Å²) in [4.78, 5) is 18.5. The molecule has 2 aromatic rings. The maximum Gasteiger partial charge on any atom is 0.258 e. The van der Waals surface area contributed by atoms with Crippen molar-refractivity contribution in [2.45, 2.75) is 12.5 Å². The quantitative estimate of drug-likeness (QED) is 0.871. The first-order valence-corrected chi connectivity index (χ1v) is 6.97. The lowest BCUT2D eigenvalue weighted by Gasteiger charge is -2.17. The third-order valence-electron chi connectivity index (χ3n) is 3.83. The minimum atomic E-state index is -0.277. The fourth-order valence-electron chi connectivity index (χ4n) is 2.59. The van der Waals surface area contributed by atoms with E-state index >= 15 is 0 Å². The number of pyridine rings is 2. The van der Waals surface area contributed by atoms with Gasteiger partial charge in [-0.05, 0) is 31.7 Å². The van der Waals surface area contributed by atoms with Crippen molar-refractivity contribution in [1.29, 1.82) is 0 Å². The molecule has 0 bridgehead atoms. The van der Waals surface area contributed by atoms with Gasteiger partial charge in [0.1, 0.15) is 11.6 Å². The maximum absolute atomic E-state index is 11.8. The average Bonchev–Trinajstić information content (AvgIpc) is 2.96. The van der Waals surface area contributed by atoms with Crippen LogP contribution in [0, 0.1) is 0 Å². The number of nitrogens with zero attached hydrogens (tertiary/aromatic N) is 3. The summed E-state index contributed by atoms with van der Waals surface area (Å²) >= 11 is 0. The highest BCUT2D eigenvalue weighted by atomic mass is 16.3. The molecule has 1 aliphatic heterocycles. The van der Waals surface area contributed by atoms with Gasteiger partial charge in [0.25, 0.3) is 5.56 Å². The van der Waals surface area contributed by atoms with Crippen LogP contribution in [0.15, 0.2) is 41.5 Å². The van der Waals surface area contributed by atoms with Crippen LogP contribution in [0.3, 0.4) is 0 Å². The molecule has 0 aliphatic carbocycles. The molecule has 6 nitrogen and oxygen atoms in total.